The third-order valence-corrected chi connectivity index (χ3v) is 3.36. The van der Waals surface area contributed by atoms with Crippen LogP contribution in [0, 0.1) is 0 Å². The van der Waals surface area contributed by atoms with Crippen LogP contribution in [0.15, 0.2) is 18.2 Å². The van der Waals surface area contributed by atoms with E-state index in [1.165, 1.54) is 23.1 Å². The minimum Gasteiger partial charge on any atom is -0.478 e. The zero-order valence-electron chi connectivity index (χ0n) is 11.5. The minimum absolute atomic E-state index is 0.0336. The van der Waals surface area contributed by atoms with E-state index in [4.69, 9.17) is 16.7 Å². The van der Waals surface area contributed by atoms with Crippen LogP contribution in [0.5, 0.6) is 0 Å². The third-order valence-electron chi connectivity index (χ3n) is 3.05. The Morgan fingerprint density at radius 2 is 2.00 bits per heavy atom. The molecule has 1 aromatic rings. The molecular formula is C13H17ClN2O4. The van der Waals surface area contributed by atoms with Crippen LogP contribution in [0.2, 0.25) is 5.02 Å². The third kappa shape index (κ3) is 3.61. The molecule has 0 radical (unpaired) electrons. The SMILES string of the molecule is CN(C(=O)Nc1ccc(C(=O)O)c(Cl)c1)C(C)(C)CO. The van der Waals surface area contributed by atoms with Crippen molar-refractivity contribution in [1.82, 2.24) is 4.90 Å². The molecule has 0 saturated carbocycles. The molecule has 0 saturated heterocycles. The molecular weight excluding hydrogens is 284 g/mol. The first kappa shape index (κ1) is 16.3. The maximum Gasteiger partial charge on any atom is 0.337 e. The topological polar surface area (TPSA) is 89.9 Å². The Hall–Kier alpha value is -1.79. The standard InChI is InChI=1S/C13H17ClN2O4/c1-13(2,7-17)16(3)12(20)15-8-4-5-9(11(18)19)10(14)6-8/h4-6,17H,7H2,1-3H3,(H,15,20)(H,18,19). The first-order valence-electron chi connectivity index (χ1n) is 5.87. The zero-order valence-corrected chi connectivity index (χ0v) is 12.2. The van der Waals surface area contributed by atoms with Gasteiger partial charge in [0.25, 0.3) is 0 Å². The molecule has 2 amide bonds. The number of amides is 2. The van der Waals surface area contributed by atoms with Gasteiger partial charge in [0.1, 0.15) is 0 Å². The lowest BCUT2D eigenvalue weighted by Crippen LogP contribution is -2.49. The van der Waals surface area contributed by atoms with Crippen molar-refractivity contribution in [3.05, 3.63) is 28.8 Å². The van der Waals surface area contributed by atoms with E-state index in [0.29, 0.717) is 5.69 Å². The van der Waals surface area contributed by atoms with Gasteiger partial charge in [-0.05, 0) is 32.0 Å². The van der Waals surface area contributed by atoms with Gasteiger partial charge in [0.2, 0.25) is 0 Å². The summed E-state index contributed by atoms with van der Waals surface area (Å²) in [6, 6.07) is 3.70. The molecule has 0 aromatic heterocycles. The molecule has 110 valence electrons. The molecule has 7 heteroatoms. The van der Waals surface area contributed by atoms with E-state index in [1.807, 2.05) is 0 Å². The summed E-state index contributed by atoms with van der Waals surface area (Å²) < 4.78 is 0. The number of nitrogens with one attached hydrogen (secondary N) is 1. The Morgan fingerprint density at radius 3 is 2.45 bits per heavy atom. The summed E-state index contributed by atoms with van der Waals surface area (Å²) in [4.78, 5) is 24.2. The average Bonchev–Trinajstić information content (AvgIpc) is 2.37. The van der Waals surface area contributed by atoms with E-state index in [-0.39, 0.29) is 17.2 Å². The minimum atomic E-state index is -1.13. The summed E-state index contributed by atoms with van der Waals surface area (Å²) in [5.74, 6) is -1.13. The van der Waals surface area contributed by atoms with Crippen LogP contribution in [-0.2, 0) is 0 Å². The molecule has 3 N–H and O–H groups in total. The molecule has 0 atom stereocenters. The number of carbonyl (C=O) groups is 2. The van der Waals surface area contributed by atoms with E-state index in [2.05, 4.69) is 5.32 Å². The first-order chi connectivity index (χ1) is 9.19. The van der Waals surface area contributed by atoms with Gasteiger partial charge in [-0.1, -0.05) is 11.6 Å². The van der Waals surface area contributed by atoms with Crippen molar-refractivity contribution in [2.45, 2.75) is 19.4 Å². The molecule has 0 heterocycles. The Morgan fingerprint density at radius 1 is 1.40 bits per heavy atom. The maximum atomic E-state index is 12.0. The van der Waals surface area contributed by atoms with Gasteiger partial charge < -0.3 is 20.4 Å². The van der Waals surface area contributed by atoms with E-state index < -0.39 is 17.5 Å². The molecule has 1 rings (SSSR count). The Balaban J connectivity index is 2.87. The number of benzene rings is 1. The highest BCUT2D eigenvalue weighted by atomic mass is 35.5. The van der Waals surface area contributed by atoms with E-state index >= 15 is 0 Å². The molecule has 0 bridgehead atoms. The van der Waals surface area contributed by atoms with E-state index in [0.717, 1.165) is 0 Å². The number of carboxylic acid groups (broad SMARTS) is 1. The number of aliphatic hydroxyl groups is 1. The molecule has 0 spiro atoms. The molecule has 0 fully saturated rings. The summed E-state index contributed by atoms with van der Waals surface area (Å²) in [6.07, 6.45) is 0. The van der Waals surface area contributed by atoms with Crippen molar-refractivity contribution >= 4 is 29.3 Å². The number of rotatable bonds is 4. The number of aromatic carboxylic acids is 1. The average molecular weight is 301 g/mol. The van der Waals surface area contributed by atoms with Crippen LogP contribution in [0.1, 0.15) is 24.2 Å². The number of aliphatic hydroxyl groups excluding tert-OH is 1. The van der Waals surface area contributed by atoms with Gasteiger partial charge in [0.05, 0.1) is 22.7 Å². The van der Waals surface area contributed by atoms with Crippen LogP contribution in [-0.4, -0.2) is 46.3 Å². The molecule has 0 aliphatic heterocycles. The lowest BCUT2D eigenvalue weighted by molar-refractivity contribution is 0.0697. The quantitative estimate of drug-likeness (QED) is 0.795. The van der Waals surface area contributed by atoms with Gasteiger partial charge in [-0.25, -0.2) is 9.59 Å². The highest BCUT2D eigenvalue weighted by Gasteiger charge is 2.26. The Kier molecular flexibility index (Phi) is 4.97. The molecule has 1 aromatic carbocycles. The normalized spacial score (nSPS) is 11.1. The van der Waals surface area contributed by atoms with Crippen molar-refractivity contribution in [2.75, 3.05) is 19.0 Å². The molecule has 0 unspecified atom stereocenters. The van der Waals surface area contributed by atoms with Gasteiger partial charge in [0, 0.05) is 12.7 Å². The fourth-order valence-electron chi connectivity index (χ4n) is 1.35. The number of urea groups is 1. The van der Waals surface area contributed by atoms with Crippen LogP contribution in [0.25, 0.3) is 0 Å². The summed E-state index contributed by atoms with van der Waals surface area (Å²) in [7, 11) is 1.55. The van der Waals surface area contributed by atoms with Crippen LogP contribution >= 0.6 is 11.6 Å². The predicted molar refractivity (Wildman–Crippen MR) is 76.4 cm³/mol. The number of likely N-dealkylation sites (N-methyl/N-ethyl adjacent to an activating group) is 1. The highest BCUT2D eigenvalue weighted by molar-refractivity contribution is 6.33. The number of nitrogens with zero attached hydrogens (tertiary/aromatic N) is 1. The van der Waals surface area contributed by atoms with Crippen molar-refractivity contribution in [1.29, 1.82) is 0 Å². The van der Waals surface area contributed by atoms with Crippen molar-refractivity contribution in [3.8, 4) is 0 Å². The highest BCUT2D eigenvalue weighted by Crippen LogP contribution is 2.22. The first-order valence-corrected chi connectivity index (χ1v) is 6.25. The number of carbonyl (C=O) groups excluding carboxylic acids is 1. The molecule has 0 aliphatic carbocycles. The largest absolute Gasteiger partial charge is 0.478 e. The van der Waals surface area contributed by atoms with Crippen LogP contribution in [0.4, 0.5) is 10.5 Å². The van der Waals surface area contributed by atoms with Crippen LogP contribution in [0.3, 0.4) is 0 Å². The summed E-state index contributed by atoms with van der Waals surface area (Å²) in [6.45, 7) is 3.25. The Labute approximate surface area is 122 Å². The lowest BCUT2D eigenvalue weighted by atomic mass is 10.1. The molecule has 6 nitrogen and oxygen atoms in total. The van der Waals surface area contributed by atoms with Gasteiger partial charge in [-0.2, -0.15) is 0 Å². The van der Waals surface area contributed by atoms with E-state index in [1.54, 1.807) is 20.9 Å². The van der Waals surface area contributed by atoms with Crippen LogP contribution < -0.4 is 5.32 Å². The number of anilines is 1. The summed E-state index contributed by atoms with van der Waals surface area (Å²) in [5, 5.41) is 20.7. The maximum absolute atomic E-state index is 12.0. The second-order valence-electron chi connectivity index (χ2n) is 4.96. The fourth-order valence-corrected chi connectivity index (χ4v) is 1.62. The second kappa shape index (κ2) is 6.11. The molecule has 20 heavy (non-hydrogen) atoms. The van der Waals surface area contributed by atoms with Crippen molar-refractivity contribution in [2.24, 2.45) is 0 Å². The number of hydrogen-bond donors (Lipinski definition) is 3. The van der Waals surface area contributed by atoms with Gasteiger partial charge >= 0.3 is 12.0 Å². The number of halogens is 1. The van der Waals surface area contributed by atoms with Crippen molar-refractivity contribution < 1.29 is 19.8 Å². The molecule has 0 aliphatic rings. The van der Waals surface area contributed by atoms with E-state index in [9.17, 15) is 14.7 Å². The monoisotopic (exact) mass is 300 g/mol. The smallest absolute Gasteiger partial charge is 0.337 e. The Bertz CT molecular complexity index is 531. The second-order valence-corrected chi connectivity index (χ2v) is 5.37. The number of carboxylic acids is 1. The summed E-state index contributed by atoms with van der Waals surface area (Å²) >= 11 is 5.82. The summed E-state index contributed by atoms with van der Waals surface area (Å²) in [5.41, 5.74) is -0.367. The fraction of sp³-hybridized carbons (Fsp3) is 0.385. The van der Waals surface area contributed by atoms with Crippen molar-refractivity contribution in [3.63, 3.8) is 0 Å². The number of hydrogen-bond acceptors (Lipinski definition) is 3. The zero-order chi connectivity index (χ0) is 15.5. The van der Waals surface area contributed by atoms with Gasteiger partial charge in [-0.15, -0.1) is 0 Å². The lowest BCUT2D eigenvalue weighted by Gasteiger charge is -2.33. The van der Waals surface area contributed by atoms with Gasteiger partial charge in [-0.3, -0.25) is 0 Å². The predicted octanol–water partition coefficient (Wildman–Crippen LogP) is 2.27. The van der Waals surface area contributed by atoms with Gasteiger partial charge in [0.15, 0.2) is 0 Å².